The Hall–Kier alpha value is -1.56. The summed E-state index contributed by atoms with van der Waals surface area (Å²) in [6.07, 6.45) is 3.97. The Morgan fingerprint density at radius 1 is 1.76 bits per heavy atom. The highest BCUT2D eigenvalue weighted by Gasteiger charge is 2.29. The third-order valence-electron chi connectivity index (χ3n) is 3.27. The van der Waals surface area contributed by atoms with Gasteiger partial charge in [-0.3, -0.25) is 14.8 Å². The lowest BCUT2D eigenvalue weighted by Crippen LogP contribution is -2.41. The first kappa shape index (κ1) is 11.9. The molecular weight excluding hydrogens is 218 g/mol. The molecule has 4 N–H and O–H groups in total. The van der Waals surface area contributed by atoms with Crippen LogP contribution in [0.1, 0.15) is 30.3 Å². The predicted molar refractivity (Wildman–Crippen MR) is 65.6 cm³/mol. The van der Waals surface area contributed by atoms with Gasteiger partial charge in [-0.05, 0) is 26.8 Å². The van der Waals surface area contributed by atoms with Crippen molar-refractivity contribution >= 4 is 11.6 Å². The monoisotopic (exact) mass is 237 g/mol. The number of aromatic amines is 1. The van der Waals surface area contributed by atoms with Gasteiger partial charge in [-0.25, -0.2) is 0 Å². The number of rotatable bonds is 5. The summed E-state index contributed by atoms with van der Waals surface area (Å²) in [5.41, 5.74) is 6.32. The van der Waals surface area contributed by atoms with Crippen LogP contribution >= 0.6 is 0 Å². The lowest BCUT2D eigenvalue weighted by Gasteiger charge is -2.24. The molecule has 1 fully saturated rings. The summed E-state index contributed by atoms with van der Waals surface area (Å²) in [6, 6.07) is 1.02. The molecule has 0 bridgehead atoms. The number of anilines is 1. The molecule has 1 unspecified atom stereocenters. The van der Waals surface area contributed by atoms with Gasteiger partial charge in [-0.2, -0.15) is 5.10 Å². The molecule has 6 heteroatoms. The number of aromatic nitrogens is 2. The van der Waals surface area contributed by atoms with E-state index in [1.807, 2.05) is 0 Å². The van der Waals surface area contributed by atoms with Crippen LogP contribution in [0.3, 0.4) is 0 Å². The maximum atomic E-state index is 11.8. The Labute approximate surface area is 101 Å². The second-order valence-electron chi connectivity index (χ2n) is 4.66. The normalized spacial score (nSPS) is 17.1. The van der Waals surface area contributed by atoms with Crippen LogP contribution in [-0.4, -0.2) is 46.7 Å². The van der Waals surface area contributed by atoms with Gasteiger partial charge in [0.1, 0.15) is 5.69 Å². The van der Waals surface area contributed by atoms with E-state index < -0.39 is 0 Å². The van der Waals surface area contributed by atoms with Crippen LogP contribution in [0.4, 0.5) is 5.69 Å². The summed E-state index contributed by atoms with van der Waals surface area (Å²) < 4.78 is 0. The minimum absolute atomic E-state index is 0.198. The molecule has 0 radical (unpaired) electrons. The van der Waals surface area contributed by atoms with Gasteiger partial charge in [0.25, 0.3) is 5.91 Å². The van der Waals surface area contributed by atoms with Crippen molar-refractivity contribution in [2.75, 3.05) is 19.3 Å². The first-order valence-electron chi connectivity index (χ1n) is 5.88. The standard InChI is InChI=1S/C11H19N5O/c1-7(16(2)8-3-4-8)5-13-11(17)10-9(12)6-14-15-10/h6-8H,3-5,12H2,1-2H3,(H,13,17)(H,14,15). The smallest absolute Gasteiger partial charge is 0.271 e. The molecule has 0 saturated heterocycles. The molecule has 1 amide bonds. The molecular formula is C11H19N5O. The summed E-state index contributed by atoms with van der Waals surface area (Å²) in [6.45, 7) is 2.72. The van der Waals surface area contributed by atoms with Crippen molar-refractivity contribution in [3.05, 3.63) is 11.9 Å². The molecule has 1 saturated carbocycles. The minimum Gasteiger partial charge on any atom is -0.396 e. The minimum atomic E-state index is -0.198. The zero-order valence-corrected chi connectivity index (χ0v) is 10.2. The molecule has 0 aliphatic heterocycles. The van der Waals surface area contributed by atoms with Crippen LogP contribution in [0.5, 0.6) is 0 Å². The number of nitrogen functional groups attached to an aromatic ring is 1. The third-order valence-corrected chi connectivity index (χ3v) is 3.27. The number of nitrogens with two attached hydrogens (primary N) is 1. The highest BCUT2D eigenvalue weighted by molar-refractivity contribution is 5.96. The van der Waals surface area contributed by atoms with Gasteiger partial charge in [0, 0.05) is 18.6 Å². The molecule has 94 valence electrons. The van der Waals surface area contributed by atoms with Crippen LogP contribution in [-0.2, 0) is 0 Å². The molecule has 0 aromatic carbocycles. The van der Waals surface area contributed by atoms with Crippen molar-refractivity contribution in [1.82, 2.24) is 20.4 Å². The van der Waals surface area contributed by atoms with Crippen molar-refractivity contribution in [3.8, 4) is 0 Å². The van der Waals surface area contributed by atoms with Crippen molar-refractivity contribution in [2.45, 2.75) is 31.8 Å². The van der Waals surface area contributed by atoms with E-state index >= 15 is 0 Å². The Bertz CT molecular complexity index is 398. The third kappa shape index (κ3) is 2.76. The molecule has 0 spiro atoms. The number of hydrogen-bond acceptors (Lipinski definition) is 4. The van der Waals surface area contributed by atoms with E-state index in [1.165, 1.54) is 19.0 Å². The second kappa shape index (κ2) is 4.75. The zero-order valence-electron chi connectivity index (χ0n) is 10.2. The van der Waals surface area contributed by atoms with Crippen LogP contribution < -0.4 is 11.1 Å². The van der Waals surface area contributed by atoms with Gasteiger partial charge in [-0.15, -0.1) is 0 Å². The van der Waals surface area contributed by atoms with E-state index in [0.29, 0.717) is 30.0 Å². The Morgan fingerprint density at radius 2 is 2.47 bits per heavy atom. The zero-order chi connectivity index (χ0) is 12.4. The second-order valence-corrected chi connectivity index (χ2v) is 4.66. The molecule has 17 heavy (non-hydrogen) atoms. The van der Waals surface area contributed by atoms with Gasteiger partial charge in [0.05, 0.1) is 11.9 Å². The van der Waals surface area contributed by atoms with Crippen molar-refractivity contribution in [1.29, 1.82) is 0 Å². The van der Waals surface area contributed by atoms with Crippen molar-refractivity contribution in [3.63, 3.8) is 0 Å². The van der Waals surface area contributed by atoms with E-state index in [-0.39, 0.29) is 5.91 Å². The van der Waals surface area contributed by atoms with E-state index in [1.54, 1.807) is 0 Å². The number of likely N-dealkylation sites (N-methyl/N-ethyl adjacent to an activating group) is 1. The summed E-state index contributed by atoms with van der Waals surface area (Å²) in [5.74, 6) is -0.198. The molecule has 1 aromatic heterocycles. The fourth-order valence-corrected chi connectivity index (χ4v) is 1.79. The fourth-order valence-electron chi connectivity index (χ4n) is 1.79. The number of hydrogen-bond donors (Lipinski definition) is 3. The van der Waals surface area contributed by atoms with Crippen molar-refractivity contribution in [2.24, 2.45) is 0 Å². The summed E-state index contributed by atoms with van der Waals surface area (Å²) >= 11 is 0. The largest absolute Gasteiger partial charge is 0.396 e. The van der Waals surface area contributed by atoms with Crippen LogP contribution in [0.2, 0.25) is 0 Å². The van der Waals surface area contributed by atoms with E-state index in [0.717, 1.165) is 0 Å². The highest BCUT2D eigenvalue weighted by atomic mass is 16.1. The Balaban J connectivity index is 1.81. The number of amides is 1. The van der Waals surface area contributed by atoms with Gasteiger partial charge in [0.15, 0.2) is 0 Å². The average molecular weight is 237 g/mol. The number of carbonyl (C=O) groups excluding carboxylic acids is 1. The van der Waals surface area contributed by atoms with E-state index in [2.05, 4.69) is 34.4 Å². The number of nitrogens with one attached hydrogen (secondary N) is 2. The maximum Gasteiger partial charge on any atom is 0.271 e. The number of H-pyrrole nitrogens is 1. The van der Waals surface area contributed by atoms with Crippen molar-refractivity contribution < 1.29 is 4.79 Å². The topological polar surface area (TPSA) is 87.0 Å². The van der Waals surface area contributed by atoms with Gasteiger partial charge < -0.3 is 11.1 Å². The molecule has 1 heterocycles. The summed E-state index contributed by atoms with van der Waals surface area (Å²) in [4.78, 5) is 14.1. The summed E-state index contributed by atoms with van der Waals surface area (Å²) in [5, 5.41) is 9.17. The molecule has 1 aliphatic carbocycles. The van der Waals surface area contributed by atoms with Gasteiger partial charge in [0.2, 0.25) is 0 Å². The molecule has 1 aliphatic rings. The van der Waals surface area contributed by atoms with E-state index in [9.17, 15) is 4.79 Å². The first-order valence-corrected chi connectivity index (χ1v) is 5.88. The van der Waals surface area contributed by atoms with Crippen LogP contribution in [0, 0.1) is 0 Å². The SMILES string of the molecule is CC(CNC(=O)c1[nH]ncc1N)N(C)C1CC1. The van der Waals surface area contributed by atoms with E-state index in [4.69, 9.17) is 5.73 Å². The predicted octanol–water partition coefficient (Wildman–Crippen LogP) is 0.204. The van der Waals surface area contributed by atoms with Gasteiger partial charge >= 0.3 is 0 Å². The molecule has 1 atom stereocenters. The first-order chi connectivity index (χ1) is 8.09. The lowest BCUT2D eigenvalue weighted by atomic mass is 10.2. The summed E-state index contributed by atoms with van der Waals surface area (Å²) in [7, 11) is 2.10. The number of carbonyl (C=O) groups is 1. The fraction of sp³-hybridized carbons (Fsp3) is 0.636. The Morgan fingerprint density at radius 3 is 3.00 bits per heavy atom. The average Bonchev–Trinajstić information content (AvgIpc) is 3.07. The molecule has 6 nitrogen and oxygen atoms in total. The Kier molecular flexibility index (Phi) is 3.33. The molecule has 2 rings (SSSR count). The quantitative estimate of drug-likeness (QED) is 0.683. The highest BCUT2D eigenvalue weighted by Crippen LogP contribution is 2.26. The molecule has 1 aromatic rings. The number of nitrogens with zero attached hydrogens (tertiary/aromatic N) is 2. The van der Waals surface area contributed by atoms with Gasteiger partial charge in [-0.1, -0.05) is 0 Å². The maximum absolute atomic E-state index is 11.8. The van der Waals surface area contributed by atoms with Crippen LogP contribution in [0.25, 0.3) is 0 Å². The van der Waals surface area contributed by atoms with Crippen LogP contribution in [0.15, 0.2) is 6.20 Å². The lowest BCUT2D eigenvalue weighted by molar-refractivity contribution is 0.0935.